The fourth-order valence-electron chi connectivity index (χ4n) is 0.990. The molecule has 0 heterocycles. The zero-order chi connectivity index (χ0) is 9.14. The molecule has 1 aromatic carbocycles. The molecule has 0 fully saturated rings. The van der Waals surface area contributed by atoms with E-state index in [0.717, 1.165) is 0 Å². The van der Waals surface area contributed by atoms with Gasteiger partial charge in [0.2, 0.25) is 0 Å². The highest BCUT2D eigenvalue weighted by Gasteiger charge is 2.09. The molecule has 0 aromatic heterocycles. The summed E-state index contributed by atoms with van der Waals surface area (Å²) in [4.78, 5) is 0. The van der Waals surface area contributed by atoms with Crippen molar-refractivity contribution in [1.82, 2.24) is 0 Å². The lowest BCUT2D eigenvalue weighted by Gasteiger charge is -2.09. The number of halogens is 2. The lowest BCUT2D eigenvalue weighted by molar-refractivity contribution is 0.174. The Labute approximate surface area is 81.9 Å². The Balaban J connectivity index is 3.04. The van der Waals surface area contributed by atoms with Crippen LogP contribution in [0.1, 0.15) is 25.0 Å². The number of aliphatic hydroxyl groups excluding tert-OH is 1. The van der Waals surface area contributed by atoms with Gasteiger partial charge in [-0.1, -0.05) is 30.1 Å². The molecular weight excluding hydrogens is 195 g/mol. The van der Waals surface area contributed by atoms with Crippen LogP contribution >= 0.6 is 23.2 Å². The second-order valence-electron chi connectivity index (χ2n) is 2.59. The van der Waals surface area contributed by atoms with E-state index in [1.807, 2.05) is 6.92 Å². The summed E-state index contributed by atoms with van der Waals surface area (Å²) >= 11 is 11.6. The summed E-state index contributed by atoms with van der Waals surface area (Å²) in [5.41, 5.74) is 0.701. The molecule has 1 rings (SSSR count). The Morgan fingerprint density at radius 1 is 1.42 bits per heavy atom. The van der Waals surface area contributed by atoms with Crippen molar-refractivity contribution in [3.05, 3.63) is 33.8 Å². The average molecular weight is 205 g/mol. The average Bonchev–Trinajstić information content (AvgIpc) is 2.08. The van der Waals surface area contributed by atoms with Crippen molar-refractivity contribution in [2.45, 2.75) is 19.4 Å². The number of rotatable bonds is 2. The maximum Gasteiger partial charge on any atom is 0.0802 e. The Bertz CT molecular complexity index is 273. The summed E-state index contributed by atoms with van der Waals surface area (Å²) in [6, 6.07) is 5.09. The molecule has 0 aliphatic rings. The molecule has 0 saturated heterocycles. The number of hydrogen-bond acceptors (Lipinski definition) is 1. The van der Waals surface area contributed by atoms with Gasteiger partial charge in [-0.15, -0.1) is 0 Å². The van der Waals surface area contributed by atoms with Crippen molar-refractivity contribution in [2.75, 3.05) is 0 Å². The summed E-state index contributed by atoms with van der Waals surface area (Å²) in [6.45, 7) is 1.89. The lowest BCUT2D eigenvalue weighted by atomic mass is 10.1. The number of aliphatic hydroxyl groups is 1. The second kappa shape index (κ2) is 4.13. The van der Waals surface area contributed by atoms with E-state index in [9.17, 15) is 5.11 Å². The first-order chi connectivity index (χ1) is 5.65. The second-order valence-corrected chi connectivity index (χ2v) is 3.43. The molecule has 0 amide bonds. The van der Waals surface area contributed by atoms with Crippen LogP contribution in [-0.2, 0) is 0 Å². The smallest absolute Gasteiger partial charge is 0.0802 e. The van der Waals surface area contributed by atoms with Gasteiger partial charge in [-0.05, 0) is 24.6 Å². The van der Waals surface area contributed by atoms with Crippen LogP contribution in [0.5, 0.6) is 0 Å². The van der Waals surface area contributed by atoms with Gasteiger partial charge in [-0.2, -0.15) is 0 Å². The molecule has 0 radical (unpaired) electrons. The lowest BCUT2D eigenvalue weighted by Crippen LogP contribution is -1.95. The highest BCUT2D eigenvalue weighted by molar-refractivity contribution is 6.33. The maximum atomic E-state index is 9.49. The maximum absolute atomic E-state index is 9.49. The molecule has 1 aromatic rings. The molecule has 0 bridgehead atoms. The molecule has 3 heteroatoms. The molecule has 0 aliphatic carbocycles. The normalized spacial score (nSPS) is 13.0. The van der Waals surface area contributed by atoms with Gasteiger partial charge in [-0.25, -0.2) is 0 Å². The van der Waals surface area contributed by atoms with Gasteiger partial charge in [-0.3, -0.25) is 0 Å². The molecule has 0 aliphatic heterocycles. The van der Waals surface area contributed by atoms with Gasteiger partial charge in [0.05, 0.1) is 6.10 Å². The van der Waals surface area contributed by atoms with Crippen LogP contribution in [0.25, 0.3) is 0 Å². The van der Waals surface area contributed by atoms with Gasteiger partial charge in [0.1, 0.15) is 0 Å². The standard InChI is InChI=1S/C9H10Cl2O/c1-2-9(12)7-5-6(10)3-4-8(7)11/h3-5,9,12H,2H2,1H3. The number of benzene rings is 1. The van der Waals surface area contributed by atoms with Gasteiger partial charge in [0.15, 0.2) is 0 Å². The molecule has 1 unspecified atom stereocenters. The summed E-state index contributed by atoms with van der Waals surface area (Å²) in [7, 11) is 0. The highest BCUT2D eigenvalue weighted by Crippen LogP contribution is 2.27. The van der Waals surface area contributed by atoms with Crippen molar-refractivity contribution < 1.29 is 5.11 Å². The van der Waals surface area contributed by atoms with E-state index in [-0.39, 0.29) is 0 Å². The van der Waals surface area contributed by atoms with Crippen LogP contribution in [0.3, 0.4) is 0 Å². The fraction of sp³-hybridized carbons (Fsp3) is 0.333. The predicted octanol–water partition coefficient (Wildman–Crippen LogP) is 3.44. The molecule has 0 spiro atoms. The first-order valence-corrected chi connectivity index (χ1v) is 4.53. The molecule has 0 saturated carbocycles. The van der Waals surface area contributed by atoms with E-state index in [2.05, 4.69) is 0 Å². The van der Waals surface area contributed by atoms with Crippen LogP contribution in [0.2, 0.25) is 10.0 Å². The summed E-state index contributed by atoms with van der Waals surface area (Å²) < 4.78 is 0. The largest absolute Gasteiger partial charge is 0.388 e. The Hall–Kier alpha value is -0.240. The van der Waals surface area contributed by atoms with Crippen LogP contribution < -0.4 is 0 Å². The SMILES string of the molecule is CCC(O)c1cc(Cl)ccc1Cl. The topological polar surface area (TPSA) is 20.2 Å². The molecule has 66 valence electrons. The van der Waals surface area contributed by atoms with Crippen molar-refractivity contribution in [3.63, 3.8) is 0 Å². The van der Waals surface area contributed by atoms with Gasteiger partial charge < -0.3 is 5.11 Å². The Kier molecular flexibility index (Phi) is 3.39. The zero-order valence-electron chi connectivity index (χ0n) is 6.72. The van der Waals surface area contributed by atoms with E-state index in [4.69, 9.17) is 23.2 Å². The zero-order valence-corrected chi connectivity index (χ0v) is 8.23. The predicted molar refractivity (Wildman–Crippen MR) is 51.7 cm³/mol. The summed E-state index contributed by atoms with van der Waals surface area (Å²) in [5.74, 6) is 0. The van der Waals surface area contributed by atoms with Gasteiger partial charge in [0, 0.05) is 15.6 Å². The molecule has 1 N–H and O–H groups in total. The molecule has 12 heavy (non-hydrogen) atoms. The molecule has 1 atom stereocenters. The number of hydrogen-bond donors (Lipinski definition) is 1. The monoisotopic (exact) mass is 204 g/mol. The van der Waals surface area contributed by atoms with Crippen LogP contribution in [0.15, 0.2) is 18.2 Å². The minimum absolute atomic E-state index is 0.517. The minimum Gasteiger partial charge on any atom is -0.388 e. The van der Waals surface area contributed by atoms with Gasteiger partial charge in [0.25, 0.3) is 0 Å². The first kappa shape index (κ1) is 9.85. The summed E-state index contributed by atoms with van der Waals surface area (Å²) in [6.07, 6.45) is 0.122. The van der Waals surface area contributed by atoms with Crippen molar-refractivity contribution in [2.24, 2.45) is 0 Å². The third-order valence-corrected chi connectivity index (χ3v) is 2.28. The van der Waals surface area contributed by atoms with Crippen molar-refractivity contribution >= 4 is 23.2 Å². The molecule has 1 nitrogen and oxygen atoms in total. The van der Waals surface area contributed by atoms with Crippen LogP contribution in [0.4, 0.5) is 0 Å². The van der Waals surface area contributed by atoms with E-state index in [1.54, 1.807) is 18.2 Å². The first-order valence-electron chi connectivity index (χ1n) is 3.78. The molecular formula is C9H10Cl2O. The van der Waals surface area contributed by atoms with Crippen molar-refractivity contribution in [1.29, 1.82) is 0 Å². The van der Waals surface area contributed by atoms with E-state index >= 15 is 0 Å². The van der Waals surface area contributed by atoms with Crippen LogP contribution in [-0.4, -0.2) is 5.11 Å². The van der Waals surface area contributed by atoms with Gasteiger partial charge >= 0.3 is 0 Å². The highest BCUT2D eigenvalue weighted by atomic mass is 35.5. The van der Waals surface area contributed by atoms with E-state index in [1.165, 1.54) is 0 Å². The quantitative estimate of drug-likeness (QED) is 0.783. The van der Waals surface area contributed by atoms with E-state index in [0.29, 0.717) is 22.0 Å². The Morgan fingerprint density at radius 3 is 2.67 bits per heavy atom. The Morgan fingerprint density at radius 2 is 2.08 bits per heavy atom. The van der Waals surface area contributed by atoms with Crippen molar-refractivity contribution in [3.8, 4) is 0 Å². The fourth-order valence-corrected chi connectivity index (χ4v) is 1.41. The summed E-state index contributed by atoms with van der Waals surface area (Å²) in [5, 5.41) is 10.7. The van der Waals surface area contributed by atoms with Crippen LogP contribution in [0, 0.1) is 0 Å². The van der Waals surface area contributed by atoms with E-state index < -0.39 is 6.10 Å². The third-order valence-electron chi connectivity index (χ3n) is 1.70. The minimum atomic E-state index is -0.517. The third kappa shape index (κ3) is 2.13.